The van der Waals surface area contributed by atoms with Crippen LogP contribution in [-0.2, 0) is 4.79 Å². The predicted molar refractivity (Wildman–Crippen MR) is 29.7 cm³/mol. The van der Waals surface area contributed by atoms with Crippen molar-refractivity contribution >= 4 is 5.97 Å². The number of carbonyl (C=O) groups is 1. The van der Waals surface area contributed by atoms with Gasteiger partial charge >= 0.3 is 5.97 Å². The topological polar surface area (TPSA) is 100 Å². The highest BCUT2D eigenvalue weighted by molar-refractivity contribution is 5.84. The summed E-state index contributed by atoms with van der Waals surface area (Å²) < 4.78 is 0. The van der Waals surface area contributed by atoms with Crippen molar-refractivity contribution in [1.29, 1.82) is 0 Å². The molecule has 0 aromatic rings. The normalized spacial score (nSPS) is 5.62. The third-order valence-electron chi connectivity index (χ3n) is 0.365. The second kappa shape index (κ2) is 6.13. The third kappa shape index (κ3) is 8.93. The van der Waals surface area contributed by atoms with Crippen molar-refractivity contribution in [3.05, 3.63) is 12.2 Å². The molecule has 50 valence electrons. The van der Waals surface area contributed by atoms with Gasteiger partial charge in [0.05, 0.1) is 0 Å². The number of hydrogen-bond donors (Lipinski definition) is 1. The molecule has 0 amide bonds. The molecule has 0 spiro atoms. The minimum absolute atomic E-state index is 0. The molecule has 0 saturated heterocycles. The summed E-state index contributed by atoms with van der Waals surface area (Å²) in [5, 5.41) is 7.89. The molecule has 0 fully saturated rings. The Morgan fingerprint density at radius 1 is 1.50 bits per heavy atom. The summed E-state index contributed by atoms with van der Waals surface area (Å²) in [6.07, 6.45) is 0. The maximum Gasteiger partial charge on any atom is 0.330 e. The zero-order valence-corrected chi connectivity index (χ0v) is 4.56. The maximum absolute atomic E-state index is 9.60. The van der Waals surface area contributed by atoms with E-state index in [0.29, 0.717) is 0 Å². The van der Waals surface area contributed by atoms with Gasteiger partial charge in [0.2, 0.25) is 0 Å². The minimum atomic E-state index is -0.935. The zero-order chi connectivity index (χ0) is 5.15. The molecule has 0 aliphatic rings. The first kappa shape index (κ1) is 15.7. The molecule has 0 bridgehead atoms. The second-order valence-corrected chi connectivity index (χ2v) is 1.09. The molecular formula is C4H10O4. The van der Waals surface area contributed by atoms with Gasteiger partial charge in [0.25, 0.3) is 0 Å². The molecule has 0 atom stereocenters. The van der Waals surface area contributed by atoms with E-state index in [2.05, 4.69) is 6.58 Å². The van der Waals surface area contributed by atoms with Crippen molar-refractivity contribution in [2.75, 3.05) is 0 Å². The van der Waals surface area contributed by atoms with Gasteiger partial charge in [0, 0.05) is 5.57 Å². The van der Waals surface area contributed by atoms with E-state index in [0.717, 1.165) is 0 Å². The van der Waals surface area contributed by atoms with E-state index in [1.165, 1.54) is 6.92 Å². The second-order valence-electron chi connectivity index (χ2n) is 1.09. The summed E-state index contributed by atoms with van der Waals surface area (Å²) in [4.78, 5) is 9.60. The Hall–Kier alpha value is -0.870. The molecule has 8 heavy (non-hydrogen) atoms. The van der Waals surface area contributed by atoms with E-state index in [1.807, 2.05) is 0 Å². The lowest BCUT2D eigenvalue weighted by molar-refractivity contribution is -0.132. The molecule has 0 aliphatic heterocycles. The first-order chi connectivity index (χ1) is 2.64. The van der Waals surface area contributed by atoms with Gasteiger partial charge in [-0.15, -0.1) is 0 Å². The molecule has 0 aromatic heterocycles. The van der Waals surface area contributed by atoms with Gasteiger partial charge < -0.3 is 16.1 Å². The third-order valence-corrected chi connectivity index (χ3v) is 0.365. The molecule has 0 heterocycles. The van der Waals surface area contributed by atoms with Crippen LogP contribution in [0.25, 0.3) is 0 Å². The number of hydrogen-bond acceptors (Lipinski definition) is 1. The summed E-state index contributed by atoms with van der Waals surface area (Å²) in [6, 6.07) is 0. The standard InChI is InChI=1S/C4H6O2.2H2O/c1-3(2)4(5)6;;/h1H2,2H3,(H,5,6);2*1H2. The Labute approximate surface area is 47.1 Å². The van der Waals surface area contributed by atoms with Gasteiger partial charge in [-0.2, -0.15) is 0 Å². The fourth-order valence-corrected chi connectivity index (χ4v) is 0. The Morgan fingerprint density at radius 2 is 1.62 bits per heavy atom. The van der Waals surface area contributed by atoms with Crippen LogP contribution in [0.5, 0.6) is 0 Å². The fraction of sp³-hybridized carbons (Fsp3) is 0.250. The summed E-state index contributed by atoms with van der Waals surface area (Å²) in [5.41, 5.74) is 0.176. The van der Waals surface area contributed by atoms with E-state index in [9.17, 15) is 4.79 Å². The van der Waals surface area contributed by atoms with Crippen molar-refractivity contribution in [3.63, 3.8) is 0 Å². The Balaban J connectivity index is -0.000000125. The molecule has 0 rings (SSSR count). The number of aliphatic carboxylic acids is 1. The van der Waals surface area contributed by atoms with Crippen molar-refractivity contribution in [2.24, 2.45) is 0 Å². The molecule has 0 aliphatic carbocycles. The summed E-state index contributed by atoms with van der Waals surface area (Å²) in [7, 11) is 0. The molecule has 0 saturated carbocycles. The van der Waals surface area contributed by atoms with Gasteiger partial charge in [-0.25, -0.2) is 4.79 Å². The maximum atomic E-state index is 9.60. The lowest BCUT2D eigenvalue weighted by Gasteiger charge is -1.79. The van der Waals surface area contributed by atoms with Crippen molar-refractivity contribution in [3.8, 4) is 0 Å². The highest BCUT2D eigenvalue weighted by atomic mass is 16.4. The highest BCUT2D eigenvalue weighted by Crippen LogP contribution is 1.81. The lowest BCUT2D eigenvalue weighted by atomic mass is 10.4. The molecule has 5 N–H and O–H groups in total. The SMILES string of the molecule is C=C(C)C(=O)O.O.O. The Bertz CT molecular complexity index is 74.0. The van der Waals surface area contributed by atoms with Crippen LogP contribution in [0.1, 0.15) is 6.92 Å². The minimum Gasteiger partial charge on any atom is -0.478 e. The predicted octanol–water partition coefficient (Wildman–Crippen LogP) is -1.00. The van der Waals surface area contributed by atoms with E-state index in [4.69, 9.17) is 5.11 Å². The van der Waals surface area contributed by atoms with Crippen LogP contribution in [-0.4, -0.2) is 22.0 Å². The number of rotatable bonds is 1. The van der Waals surface area contributed by atoms with Crippen LogP contribution >= 0.6 is 0 Å². The molecule has 4 nitrogen and oxygen atoms in total. The van der Waals surface area contributed by atoms with Crippen LogP contribution in [0.15, 0.2) is 12.2 Å². The number of carboxylic acids is 1. The number of carboxylic acid groups (broad SMARTS) is 1. The van der Waals surface area contributed by atoms with Crippen LogP contribution in [0.3, 0.4) is 0 Å². The van der Waals surface area contributed by atoms with Crippen LogP contribution in [0, 0.1) is 0 Å². The van der Waals surface area contributed by atoms with Crippen molar-refractivity contribution in [1.82, 2.24) is 0 Å². The summed E-state index contributed by atoms with van der Waals surface area (Å²) >= 11 is 0. The quantitative estimate of drug-likeness (QED) is 0.451. The molecule has 0 radical (unpaired) electrons. The van der Waals surface area contributed by atoms with Gasteiger partial charge in [0.15, 0.2) is 0 Å². The average molecular weight is 122 g/mol. The monoisotopic (exact) mass is 122 g/mol. The largest absolute Gasteiger partial charge is 0.478 e. The van der Waals surface area contributed by atoms with Crippen LogP contribution < -0.4 is 0 Å². The van der Waals surface area contributed by atoms with E-state index in [1.54, 1.807) is 0 Å². The zero-order valence-electron chi connectivity index (χ0n) is 4.56. The van der Waals surface area contributed by atoms with E-state index in [-0.39, 0.29) is 16.5 Å². The average Bonchev–Trinajstić information content (AvgIpc) is 1.36. The van der Waals surface area contributed by atoms with Crippen molar-refractivity contribution < 1.29 is 20.9 Å². The summed E-state index contributed by atoms with van der Waals surface area (Å²) in [6.45, 7) is 4.60. The first-order valence-corrected chi connectivity index (χ1v) is 1.53. The van der Waals surface area contributed by atoms with Gasteiger partial charge in [0.1, 0.15) is 0 Å². The molecule has 0 aromatic carbocycles. The fourth-order valence-electron chi connectivity index (χ4n) is 0. The first-order valence-electron chi connectivity index (χ1n) is 1.53. The van der Waals surface area contributed by atoms with Gasteiger partial charge in [-0.05, 0) is 6.92 Å². The van der Waals surface area contributed by atoms with Gasteiger partial charge in [-0.3, -0.25) is 0 Å². The van der Waals surface area contributed by atoms with E-state index >= 15 is 0 Å². The smallest absolute Gasteiger partial charge is 0.330 e. The summed E-state index contributed by atoms with van der Waals surface area (Å²) in [5.74, 6) is -0.935. The van der Waals surface area contributed by atoms with Crippen molar-refractivity contribution in [2.45, 2.75) is 6.92 Å². The molecular weight excluding hydrogens is 112 g/mol. The Kier molecular flexibility index (Phi) is 12.0. The van der Waals surface area contributed by atoms with Crippen LogP contribution in [0.2, 0.25) is 0 Å². The van der Waals surface area contributed by atoms with Crippen LogP contribution in [0.4, 0.5) is 0 Å². The Morgan fingerprint density at radius 3 is 1.62 bits per heavy atom. The highest BCUT2D eigenvalue weighted by Gasteiger charge is 1.90. The molecule has 4 heteroatoms. The molecule has 0 unspecified atom stereocenters. The lowest BCUT2D eigenvalue weighted by Crippen LogP contribution is -1.92. The van der Waals surface area contributed by atoms with Gasteiger partial charge in [-0.1, -0.05) is 6.58 Å². The van der Waals surface area contributed by atoms with E-state index < -0.39 is 5.97 Å².